The Morgan fingerprint density at radius 3 is 2.53 bits per heavy atom. The number of fused-ring (bicyclic) bond motifs is 1. The van der Waals surface area contributed by atoms with Crippen molar-refractivity contribution >= 4 is 17.5 Å². The van der Waals surface area contributed by atoms with Gasteiger partial charge in [0.05, 0.1) is 50.6 Å². The van der Waals surface area contributed by atoms with Crippen LogP contribution in [0.15, 0.2) is 61.1 Å². The smallest absolute Gasteiger partial charge is 0.331 e. The van der Waals surface area contributed by atoms with Crippen molar-refractivity contribution in [1.29, 1.82) is 5.26 Å². The van der Waals surface area contributed by atoms with Gasteiger partial charge < -0.3 is 4.48 Å². The molecule has 0 saturated heterocycles. The van der Waals surface area contributed by atoms with Gasteiger partial charge in [0.1, 0.15) is 6.33 Å². The Morgan fingerprint density at radius 2 is 1.86 bits per heavy atom. The number of nitriles is 1. The van der Waals surface area contributed by atoms with Gasteiger partial charge in [-0.25, -0.2) is 14.2 Å². The number of nitrogens with one attached hydrogen (secondary N) is 1. The zero-order valence-corrected chi connectivity index (χ0v) is 24.0. The lowest BCUT2D eigenvalue weighted by molar-refractivity contribution is -0.870. The first-order chi connectivity index (χ1) is 20.3. The number of hydrogen-bond acceptors (Lipinski definition) is 6. The van der Waals surface area contributed by atoms with E-state index in [1.165, 1.54) is 16.9 Å². The molecule has 0 spiro atoms. The van der Waals surface area contributed by atoms with Gasteiger partial charge in [0.2, 0.25) is 11.9 Å². The Hall–Kier alpha value is -5.09. The first-order valence-electron chi connectivity index (χ1n) is 13.4. The van der Waals surface area contributed by atoms with Crippen molar-refractivity contribution in [2.24, 2.45) is 0 Å². The number of anilines is 1. The molecule has 5 rings (SSSR count). The van der Waals surface area contributed by atoms with Crippen molar-refractivity contribution < 1.29 is 22.4 Å². The first kappa shape index (κ1) is 29.4. The van der Waals surface area contributed by atoms with Gasteiger partial charge in [-0.2, -0.15) is 28.5 Å². The van der Waals surface area contributed by atoms with E-state index in [0.717, 1.165) is 23.2 Å². The number of benzene rings is 2. The fourth-order valence-corrected chi connectivity index (χ4v) is 4.77. The molecule has 0 fully saturated rings. The van der Waals surface area contributed by atoms with E-state index in [0.29, 0.717) is 40.2 Å². The monoisotopic (exact) mass is 588 g/mol. The molecule has 10 nitrogen and oxygen atoms in total. The van der Waals surface area contributed by atoms with Gasteiger partial charge in [0.15, 0.2) is 11.5 Å². The molecule has 0 atom stereocenters. The highest BCUT2D eigenvalue weighted by Gasteiger charge is 2.31. The molecule has 0 radical (unpaired) electrons. The van der Waals surface area contributed by atoms with Crippen LogP contribution in [0.2, 0.25) is 0 Å². The lowest BCUT2D eigenvalue weighted by Crippen LogP contribution is -2.35. The molecule has 2 aromatic carbocycles. The molecule has 3 heterocycles. The van der Waals surface area contributed by atoms with E-state index in [4.69, 9.17) is 0 Å². The van der Waals surface area contributed by atoms with Crippen molar-refractivity contribution in [3.05, 3.63) is 77.7 Å². The van der Waals surface area contributed by atoms with E-state index >= 15 is 0 Å². The number of halogens is 3. The van der Waals surface area contributed by atoms with Crippen LogP contribution in [-0.2, 0) is 11.0 Å². The molecule has 0 bridgehead atoms. The second-order valence-electron chi connectivity index (χ2n) is 11.1. The van der Waals surface area contributed by atoms with Crippen molar-refractivity contribution in [3.63, 3.8) is 0 Å². The number of nitrogens with zero attached hydrogens (tertiary/aromatic N) is 8. The fourth-order valence-electron chi connectivity index (χ4n) is 4.77. The molecule has 3 aromatic heterocycles. The van der Waals surface area contributed by atoms with Crippen LogP contribution in [0.25, 0.3) is 33.8 Å². The molecule has 43 heavy (non-hydrogen) atoms. The normalized spacial score (nSPS) is 12.0. The molecule has 0 aliphatic heterocycles. The molecule has 5 aromatic rings. The summed E-state index contributed by atoms with van der Waals surface area (Å²) in [5.74, 6) is 0.176. The molecule has 220 valence electrons. The van der Waals surface area contributed by atoms with Gasteiger partial charge in [-0.1, -0.05) is 12.1 Å². The third kappa shape index (κ3) is 6.39. The summed E-state index contributed by atoms with van der Waals surface area (Å²) in [6.07, 6.45) is -0.599. The number of aromatic nitrogens is 6. The molecule has 0 aliphatic carbocycles. The molecular weight excluding hydrogens is 559 g/mol. The summed E-state index contributed by atoms with van der Waals surface area (Å²) in [4.78, 5) is 21.6. The topological polar surface area (TPSA) is 114 Å². The van der Waals surface area contributed by atoms with E-state index in [2.05, 4.69) is 31.6 Å². The predicted octanol–water partition coefficient (Wildman–Crippen LogP) is 5.27. The minimum Gasteiger partial charge on any atom is -0.331 e. The summed E-state index contributed by atoms with van der Waals surface area (Å²) in [5.41, 5.74) is 2.37. The van der Waals surface area contributed by atoms with Gasteiger partial charge in [-0.15, -0.1) is 5.10 Å². The number of rotatable bonds is 8. The zero-order valence-electron chi connectivity index (χ0n) is 24.0. The third-order valence-corrected chi connectivity index (χ3v) is 6.88. The van der Waals surface area contributed by atoms with Crippen molar-refractivity contribution in [3.8, 4) is 34.3 Å². The second-order valence-corrected chi connectivity index (χ2v) is 11.1. The Morgan fingerprint density at radius 1 is 1.12 bits per heavy atom. The van der Waals surface area contributed by atoms with Crippen LogP contribution in [0.5, 0.6) is 0 Å². The summed E-state index contributed by atoms with van der Waals surface area (Å²) in [7, 11) is 6.12. The average molecular weight is 589 g/mol. The molecule has 0 saturated carbocycles. The zero-order chi connectivity index (χ0) is 30.9. The van der Waals surface area contributed by atoms with Gasteiger partial charge in [0, 0.05) is 30.2 Å². The standard InChI is InChI=1S/C30H28F3N9O/c1-19-24(27-35-18-36-41(27)23-12-10-20(16-34)11-13-23)17-40-28(26(19)21-7-5-8-22(15-21)30(31,32)33)38-29(39-40)37-25(43)9-6-14-42(2,3)4/h5,7-8,10-13,15,17-18H,6,9,14H2,1-4H3/p+1. The third-order valence-electron chi connectivity index (χ3n) is 6.88. The quantitative estimate of drug-likeness (QED) is 0.247. The minimum absolute atomic E-state index is 0.0357. The summed E-state index contributed by atoms with van der Waals surface area (Å²) >= 11 is 0. The number of carbonyl (C=O) groups excluding carboxylic acids is 1. The fraction of sp³-hybridized carbons (Fsp3) is 0.267. The van der Waals surface area contributed by atoms with Gasteiger partial charge >= 0.3 is 6.18 Å². The van der Waals surface area contributed by atoms with Crippen LogP contribution < -0.4 is 5.32 Å². The van der Waals surface area contributed by atoms with Crippen molar-refractivity contribution in [2.75, 3.05) is 33.0 Å². The lowest BCUT2D eigenvalue weighted by Gasteiger charge is -2.23. The van der Waals surface area contributed by atoms with Crippen molar-refractivity contribution in [2.45, 2.75) is 25.9 Å². The molecule has 1 amide bonds. The number of quaternary nitrogens is 1. The maximum absolute atomic E-state index is 13.7. The Balaban J connectivity index is 1.63. The summed E-state index contributed by atoms with van der Waals surface area (Å²) < 4.78 is 44.8. The average Bonchev–Trinajstić information content (AvgIpc) is 3.58. The molecule has 0 aliphatic rings. The van der Waals surface area contributed by atoms with Crippen LogP contribution in [0.3, 0.4) is 0 Å². The molecular formula is C30H29F3N9O+. The van der Waals surface area contributed by atoms with E-state index in [1.54, 1.807) is 48.1 Å². The summed E-state index contributed by atoms with van der Waals surface area (Å²) in [6, 6.07) is 13.8. The van der Waals surface area contributed by atoms with Crippen LogP contribution in [0, 0.1) is 18.3 Å². The second kappa shape index (κ2) is 11.3. The molecule has 1 N–H and O–H groups in total. The van der Waals surface area contributed by atoms with Crippen LogP contribution in [-0.4, -0.2) is 67.4 Å². The highest BCUT2D eigenvalue weighted by molar-refractivity contribution is 5.91. The first-order valence-corrected chi connectivity index (χ1v) is 13.4. The molecule has 13 heteroatoms. The van der Waals surface area contributed by atoms with E-state index in [9.17, 15) is 23.2 Å². The predicted molar refractivity (Wildman–Crippen MR) is 154 cm³/mol. The summed E-state index contributed by atoms with van der Waals surface area (Å²) in [5, 5.41) is 20.7. The number of hydrogen-bond donors (Lipinski definition) is 1. The maximum atomic E-state index is 13.7. The highest BCUT2D eigenvalue weighted by atomic mass is 19.4. The van der Waals surface area contributed by atoms with Gasteiger partial charge in [0.25, 0.3) is 0 Å². The number of pyridine rings is 1. The Labute approximate surface area is 245 Å². The molecule has 0 unspecified atom stereocenters. The minimum atomic E-state index is -4.55. The highest BCUT2D eigenvalue weighted by Crippen LogP contribution is 2.38. The van der Waals surface area contributed by atoms with E-state index in [1.807, 2.05) is 21.1 Å². The van der Waals surface area contributed by atoms with E-state index in [-0.39, 0.29) is 29.5 Å². The lowest BCUT2D eigenvalue weighted by atomic mass is 9.96. The maximum Gasteiger partial charge on any atom is 0.416 e. The SMILES string of the molecule is Cc1c(-c2ncnn2-c2ccc(C#N)cc2)cn2nc(NC(=O)CCC[N+](C)(C)C)nc2c1-c1cccc(C(F)(F)F)c1. The van der Waals surface area contributed by atoms with Crippen LogP contribution in [0.4, 0.5) is 19.1 Å². The Bertz CT molecular complexity index is 1840. The van der Waals surface area contributed by atoms with Gasteiger partial charge in [-0.3, -0.25) is 10.1 Å². The van der Waals surface area contributed by atoms with Gasteiger partial charge in [-0.05, 0) is 54.4 Å². The van der Waals surface area contributed by atoms with E-state index < -0.39 is 11.7 Å². The number of amides is 1. The van der Waals surface area contributed by atoms with Crippen molar-refractivity contribution in [1.82, 2.24) is 29.4 Å². The number of alkyl halides is 3. The summed E-state index contributed by atoms with van der Waals surface area (Å²) in [6.45, 7) is 2.56. The number of carbonyl (C=O) groups is 1. The largest absolute Gasteiger partial charge is 0.416 e. The van der Waals surface area contributed by atoms with Crippen LogP contribution in [0.1, 0.15) is 29.5 Å². The van der Waals surface area contributed by atoms with Crippen LogP contribution >= 0.6 is 0 Å². The Kier molecular flexibility index (Phi) is 7.72.